The Kier molecular flexibility index (Phi) is 5.77. The van der Waals surface area contributed by atoms with Crippen LogP contribution in [-0.4, -0.2) is 26.3 Å². The number of benzene rings is 1. The van der Waals surface area contributed by atoms with Crippen molar-refractivity contribution in [3.05, 3.63) is 53.5 Å². The lowest BCUT2D eigenvalue weighted by Gasteiger charge is -2.27. The second-order valence-electron chi connectivity index (χ2n) is 8.02. The maximum Gasteiger partial charge on any atom is 0.227 e. The minimum atomic E-state index is 0.214. The Morgan fingerprint density at radius 3 is 2.97 bits per heavy atom. The van der Waals surface area contributed by atoms with Crippen LogP contribution in [0.15, 0.2) is 36.8 Å². The van der Waals surface area contributed by atoms with Crippen molar-refractivity contribution in [2.75, 3.05) is 11.9 Å². The van der Waals surface area contributed by atoms with Crippen molar-refractivity contribution in [1.82, 2.24) is 25.1 Å². The van der Waals surface area contributed by atoms with Crippen LogP contribution in [0.1, 0.15) is 55.5 Å². The molecule has 30 heavy (non-hydrogen) atoms. The second-order valence-corrected chi connectivity index (χ2v) is 8.02. The van der Waals surface area contributed by atoms with Crippen molar-refractivity contribution >= 4 is 11.6 Å². The zero-order chi connectivity index (χ0) is 21.1. The summed E-state index contributed by atoms with van der Waals surface area (Å²) >= 11 is 0. The van der Waals surface area contributed by atoms with E-state index in [0.717, 1.165) is 41.9 Å². The predicted molar refractivity (Wildman–Crippen MR) is 117 cm³/mol. The molecule has 0 radical (unpaired) electrons. The third kappa shape index (κ3) is 4.19. The molecule has 0 bridgehead atoms. The van der Waals surface area contributed by atoms with Crippen LogP contribution in [-0.2, 0) is 6.42 Å². The number of aryl methyl sites for hydroxylation is 1. The Bertz CT molecular complexity index is 1080. The van der Waals surface area contributed by atoms with Crippen LogP contribution in [0.4, 0.5) is 11.6 Å². The van der Waals surface area contributed by atoms with Gasteiger partial charge < -0.3 is 10.6 Å². The van der Waals surface area contributed by atoms with E-state index in [9.17, 15) is 0 Å². The number of hydrogen-bond acceptors (Lipinski definition) is 6. The molecule has 0 saturated heterocycles. The molecule has 1 unspecified atom stereocenters. The molecule has 7 heteroatoms. The highest BCUT2D eigenvalue weighted by Crippen LogP contribution is 2.30. The first-order chi connectivity index (χ1) is 14.5. The van der Waals surface area contributed by atoms with Crippen LogP contribution in [0.3, 0.4) is 0 Å². The molecule has 154 valence electrons. The van der Waals surface area contributed by atoms with Gasteiger partial charge in [0.1, 0.15) is 0 Å². The van der Waals surface area contributed by atoms with Crippen molar-refractivity contribution in [3.8, 4) is 17.3 Å². The van der Waals surface area contributed by atoms with Gasteiger partial charge in [-0.25, -0.2) is 9.97 Å². The molecule has 3 heterocycles. The lowest BCUT2D eigenvalue weighted by molar-refractivity contribution is 0.480. The summed E-state index contributed by atoms with van der Waals surface area (Å²) in [6.45, 7) is 7.16. The van der Waals surface area contributed by atoms with Gasteiger partial charge in [-0.3, -0.25) is 4.68 Å². The predicted octanol–water partition coefficient (Wildman–Crippen LogP) is 4.46. The van der Waals surface area contributed by atoms with E-state index in [0.29, 0.717) is 18.4 Å². The molecule has 1 aromatic carbocycles. The first-order valence-electron chi connectivity index (χ1n) is 10.4. The van der Waals surface area contributed by atoms with Crippen molar-refractivity contribution in [1.29, 1.82) is 5.26 Å². The first kappa shape index (κ1) is 20.0. The van der Waals surface area contributed by atoms with Crippen LogP contribution in [0.5, 0.6) is 0 Å². The Hall–Kier alpha value is -3.24. The van der Waals surface area contributed by atoms with Gasteiger partial charge >= 0.3 is 0 Å². The Balaban J connectivity index is 1.59. The summed E-state index contributed by atoms with van der Waals surface area (Å²) in [7, 11) is 0. The van der Waals surface area contributed by atoms with Crippen LogP contribution >= 0.6 is 0 Å². The van der Waals surface area contributed by atoms with Crippen molar-refractivity contribution in [2.45, 2.75) is 52.1 Å². The number of nitrogens with one attached hydrogen (secondary N) is 2. The average Bonchev–Trinajstić information content (AvgIpc) is 3.24. The molecular weight excluding hydrogens is 374 g/mol. The minimum Gasteiger partial charge on any atom is -0.324 e. The number of nitriles is 1. The van der Waals surface area contributed by atoms with Gasteiger partial charge in [-0.15, -0.1) is 0 Å². The van der Waals surface area contributed by atoms with Crippen molar-refractivity contribution < 1.29 is 0 Å². The highest BCUT2D eigenvalue weighted by atomic mass is 15.3. The topological polar surface area (TPSA) is 91.4 Å². The average molecular weight is 402 g/mol. The summed E-state index contributed by atoms with van der Waals surface area (Å²) in [4.78, 5) is 9.23. The summed E-state index contributed by atoms with van der Waals surface area (Å²) in [6.07, 6.45) is 8.08. The van der Waals surface area contributed by atoms with Gasteiger partial charge in [0, 0.05) is 42.1 Å². The number of rotatable bonds is 6. The molecule has 3 aromatic rings. The Labute approximate surface area is 177 Å². The Morgan fingerprint density at radius 1 is 1.33 bits per heavy atom. The minimum absolute atomic E-state index is 0.214. The standard InChI is InChI=1S/C23H27N7/c1-15(2)30-14-18(13-27-30)22-16(3)12-26-23(29-22)28-19-7-6-17-8-10-25-21(5-4-9-24)20(17)11-19/h6-7,11-15,21,25H,4-5,8,10H2,1-3H3,(H,26,28,29). The summed E-state index contributed by atoms with van der Waals surface area (Å²) in [5.41, 5.74) is 6.42. The third-order valence-corrected chi connectivity index (χ3v) is 5.48. The number of nitrogens with zero attached hydrogens (tertiary/aromatic N) is 5. The zero-order valence-corrected chi connectivity index (χ0v) is 17.7. The van der Waals surface area contributed by atoms with Gasteiger partial charge in [-0.05, 0) is 69.0 Å². The van der Waals surface area contributed by atoms with Gasteiger partial charge in [-0.1, -0.05) is 6.07 Å². The van der Waals surface area contributed by atoms with E-state index < -0.39 is 0 Å². The molecule has 0 saturated carbocycles. The van der Waals surface area contributed by atoms with E-state index in [1.165, 1.54) is 11.1 Å². The maximum absolute atomic E-state index is 8.96. The fraction of sp³-hybridized carbons (Fsp3) is 0.391. The van der Waals surface area contributed by atoms with Crippen LogP contribution < -0.4 is 10.6 Å². The Morgan fingerprint density at radius 2 is 2.20 bits per heavy atom. The normalized spacial score (nSPS) is 15.6. The SMILES string of the molecule is Cc1cnc(Nc2ccc3c(c2)C(CCC#N)NCC3)nc1-c1cnn(C(C)C)c1. The second kappa shape index (κ2) is 8.64. The van der Waals surface area contributed by atoms with Crippen molar-refractivity contribution in [3.63, 3.8) is 0 Å². The molecule has 7 nitrogen and oxygen atoms in total. The molecular formula is C23H27N7. The summed E-state index contributed by atoms with van der Waals surface area (Å²) in [5.74, 6) is 0.560. The molecule has 1 aliphatic heterocycles. The molecule has 2 aromatic heterocycles. The molecule has 0 spiro atoms. The van der Waals surface area contributed by atoms with E-state index in [-0.39, 0.29) is 6.04 Å². The smallest absolute Gasteiger partial charge is 0.227 e. The highest BCUT2D eigenvalue weighted by Gasteiger charge is 2.20. The monoisotopic (exact) mass is 401 g/mol. The van der Waals surface area contributed by atoms with E-state index >= 15 is 0 Å². The van der Waals surface area contributed by atoms with E-state index in [1.54, 1.807) is 0 Å². The summed E-state index contributed by atoms with van der Waals surface area (Å²) in [5, 5.41) is 20.3. The molecule has 1 aliphatic rings. The fourth-order valence-corrected chi connectivity index (χ4v) is 3.85. The van der Waals surface area contributed by atoms with E-state index in [2.05, 4.69) is 58.8 Å². The number of fused-ring (bicyclic) bond motifs is 1. The van der Waals surface area contributed by atoms with Crippen LogP contribution in [0.25, 0.3) is 11.3 Å². The number of aromatic nitrogens is 4. The quantitative estimate of drug-likeness (QED) is 0.633. The van der Waals surface area contributed by atoms with Gasteiger partial charge in [0.2, 0.25) is 5.95 Å². The number of hydrogen-bond donors (Lipinski definition) is 2. The third-order valence-electron chi connectivity index (χ3n) is 5.48. The summed E-state index contributed by atoms with van der Waals surface area (Å²) < 4.78 is 1.93. The molecule has 0 fully saturated rings. The molecule has 1 atom stereocenters. The first-order valence-corrected chi connectivity index (χ1v) is 10.4. The lowest BCUT2D eigenvalue weighted by Crippen LogP contribution is -2.29. The van der Waals surface area contributed by atoms with Gasteiger partial charge in [0.05, 0.1) is 18.0 Å². The van der Waals surface area contributed by atoms with Crippen LogP contribution in [0.2, 0.25) is 0 Å². The number of anilines is 2. The van der Waals surface area contributed by atoms with Crippen molar-refractivity contribution in [2.24, 2.45) is 0 Å². The molecule has 2 N–H and O–H groups in total. The largest absolute Gasteiger partial charge is 0.324 e. The van der Waals surface area contributed by atoms with Gasteiger partial charge in [0.15, 0.2) is 0 Å². The van der Waals surface area contributed by atoms with E-state index in [1.807, 2.05) is 30.2 Å². The highest BCUT2D eigenvalue weighted by molar-refractivity contribution is 5.64. The van der Waals surface area contributed by atoms with E-state index in [4.69, 9.17) is 10.2 Å². The van der Waals surface area contributed by atoms with Gasteiger partial charge in [-0.2, -0.15) is 10.4 Å². The molecule has 0 amide bonds. The zero-order valence-electron chi connectivity index (χ0n) is 17.7. The fourth-order valence-electron chi connectivity index (χ4n) is 3.85. The maximum atomic E-state index is 8.96. The summed E-state index contributed by atoms with van der Waals surface area (Å²) in [6, 6.07) is 9.17. The molecule has 4 rings (SSSR count). The lowest BCUT2D eigenvalue weighted by atomic mass is 9.91. The van der Waals surface area contributed by atoms with Crippen LogP contribution in [0, 0.1) is 18.3 Å². The molecule has 0 aliphatic carbocycles. The van der Waals surface area contributed by atoms with Gasteiger partial charge in [0.25, 0.3) is 0 Å².